The number of esters is 2. The predicted octanol–water partition coefficient (Wildman–Crippen LogP) is 4.94. The van der Waals surface area contributed by atoms with Crippen LogP contribution >= 0.6 is 0 Å². The molecule has 0 saturated heterocycles. The molecule has 0 aliphatic rings. The lowest BCUT2D eigenvalue weighted by Gasteiger charge is -2.13. The van der Waals surface area contributed by atoms with Gasteiger partial charge in [-0.1, -0.05) is 24.3 Å². The molecule has 0 amide bonds. The van der Waals surface area contributed by atoms with E-state index in [4.69, 9.17) is 23.7 Å². The van der Waals surface area contributed by atoms with Crippen molar-refractivity contribution < 1.29 is 33.3 Å². The minimum absolute atomic E-state index is 0.00209. The molecule has 0 unspecified atom stereocenters. The van der Waals surface area contributed by atoms with Crippen LogP contribution in [0.2, 0.25) is 0 Å². The maximum absolute atomic E-state index is 12.4. The van der Waals surface area contributed by atoms with E-state index in [9.17, 15) is 9.59 Å². The van der Waals surface area contributed by atoms with Crippen LogP contribution in [0.5, 0.6) is 23.0 Å². The quantitative estimate of drug-likeness (QED) is 0.242. The Morgan fingerprint density at radius 3 is 2.32 bits per heavy atom. The van der Waals surface area contributed by atoms with Gasteiger partial charge in [0.05, 0.1) is 39.5 Å². The summed E-state index contributed by atoms with van der Waals surface area (Å²) >= 11 is 0. The summed E-state index contributed by atoms with van der Waals surface area (Å²) in [6.07, 6.45) is 1.35. The molecule has 0 aliphatic carbocycles. The maximum Gasteiger partial charge on any atom is 0.338 e. The summed E-state index contributed by atoms with van der Waals surface area (Å²) in [5, 5.41) is 3.05. The lowest BCUT2D eigenvalue weighted by Crippen LogP contribution is -2.25. The monoisotopic (exact) mass is 507 g/mol. The molecule has 8 nitrogen and oxygen atoms in total. The Morgan fingerprint density at radius 1 is 0.811 bits per heavy atom. The SMILES string of the molecule is CCOC(=O)c1ccc(Oc2ccccc2)cc1CNCC(=O)OCCCc1ccc(OC)cc1OC. The van der Waals surface area contributed by atoms with Gasteiger partial charge < -0.3 is 29.0 Å². The molecule has 37 heavy (non-hydrogen) atoms. The number of benzene rings is 3. The van der Waals surface area contributed by atoms with Crippen molar-refractivity contribution in [1.82, 2.24) is 5.32 Å². The summed E-state index contributed by atoms with van der Waals surface area (Å²) in [4.78, 5) is 24.6. The molecule has 0 radical (unpaired) electrons. The highest BCUT2D eigenvalue weighted by molar-refractivity contribution is 5.91. The van der Waals surface area contributed by atoms with Crippen LogP contribution in [0, 0.1) is 0 Å². The molecule has 3 aromatic carbocycles. The standard InChI is InChI=1S/C29H33NO7/c1-4-35-29(32)26-15-14-25(37-23-10-6-5-7-11-23)17-22(26)19-30-20-28(31)36-16-8-9-21-12-13-24(33-2)18-27(21)34-3/h5-7,10-15,17-18,30H,4,8-9,16,19-20H2,1-3H3. The first-order valence-electron chi connectivity index (χ1n) is 12.1. The first kappa shape index (κ1) is 27.5. The number of rotatable bonds is 14. The Morgan fingerprint density at radius 2 is 1.59 bits per heavy atom. The van der Waals surface area contributed by atoms with Gasteiger partial charge in [-0.25, -0.2) is 4.79 Å². The van der Waals surface area contributed by atoms with Gasteiger partial charge in [-0.2, -0.15) is 0 Å². The highest BCUT2D eigenvalue weighted by atomic mass is 16.5. The normalized spacial score (nSPS) is 10.5. The van der Waals surface area contributed by atoms with Gasteiger partial charge in [0, 0.05) is 12.6 Å². The molecule has 1 N–H and O–H groups in total. The molecule has 0 atom stereocenters. The van der Waals surface area contributed by atoms with Crippen LogP contribution in [0.25, 0.3) is 0 Å². The highest BCUT2D eigenvalue weighted by Crippen LogP contribution is 2.26. The third-order valence-corrected chi connectivity index (χ3v) is 5.48. The lowest BCUT2D eigenvalue weighted by molar-refractivity contribution is -0.142. The molecule has 0 aliphatic heterocycles. The molecular formula is C29H33NO7. The fourth-order valence-electron chi connectivity index (χ4n) is 3.67. The average Bonchev–Trinajstić information content (AvgIpc) is 2.92. The molecule has 196 valence electrons. The zero-order valence-electron chi connectivity index (χ0n) is 21.5. The van der Waals surface area contributed by atoms with Gasteiger partial charge >= 0.3 is 11.9 Å². The van der Waals surface area contributed by atoms with Gasteiger partial charge in [0.1, 0.15) is 23.0 Å². The van der Waals surface area contributed by atoms with E-state index in [0.717, 1.165) is 17.1 Å². The second kappa shape index (κ2) is 14.5. The number of carbonyl (C=O) groups is 2. The lowest BCUT2D eigenvalue weighted by atomic mass is 10.1. The van der Waals surface area contributed by atoms with Crippen molar-refractivity contribution in [3.63, 3.8) is 0 Å². The van der Waals surface area contributed by atoms with Crippen LogP contribution < -0.4 is 19.5 Å². The zero-order valence-corrected chi connectivity index (χ0v) is 21.5. The summed E-state index contributed by atoms with van der Waals surface area (Å²) in [5.74, 6) is 1.91. The van der Waals surface area contributed by atoms with E-state index >= 15 is 0 Å². The average molecular weight is 508 g/mol. The van der Waals surface area contributed by atoms with Crippen molar-refractivity contribution in [1.29, 1.82) is 0 Å². The van der Waals surface area contributed by atoms with Crippen LogP contribution in [0.4, 0.5) is 0 Å². The van der Waals surface area contributed by atoms with Crippen molar-refractivity contribution in [2.75, 3.05) is 34.0 Å². The topological polar surface area (TPSA) is 92.3 Å². The Labute approximate surface area is 217 Å². The van der Waals surface area contributed by atoms with E-state index in [2.05, 4.69) is 5.32 Å². The fourth-order valence-corrected chi connectivity index (χ4v) is 3.67. The molecule has 0 spiro atoms. The molecule has 3 rings (SSSR count). The van der Waals surface area contributed by atoms with E-state index in [-0.39, 0.29) is 32.3 Å². The fraction of sp³-hybridized carbons (Fsp3) is 0.310. The molecule has 0 bridgehead atoms. The second-order valence-corrected chi connectivity index (χ2v) is 8.06. The minimum Gasteiger partial charge on any atom is -0.497 e. The third-order valence-electron chi connectivity index (χ3n) is 5.48. The predicted molar refractivity (Wildman–Crippen MR) is 139 cm³/mol. The number of hydrogen-bond acceptors (Lipinski definition) is 8. The van der Waals surface area contributed by atoms with Gasteiger partial charge in [-0.05, 0) is 67.3 Å². The molecule has 3 aromatic rings. The number of ether oxygens (including phenoxy) is 5. The molecule has 0 fully saturated rings. The van der Waals surface area contributed by atoms with Gasteiger partial charge in [-0.15, -0.1) is 0 Å². The Balaban J connectivity index is 1.50. The Hall–Kier alpha value is -4.04. The van der Waals surface area contributed by atoms with Crippen molar-refractivity contribution in [3.05, 3.63) is 83.4 Å². The van der Waals surface area contributed by atoms with Gasteiger partial charge in [-0.3, -0.25) is 4.79 Å². The zero-order chi connectivity index (χ0) is 26.5. The molecule has 0 heterocycles. The third kappa shape index (κ3) is 8.54. The molecule has 8 heteroatoms. The maximum atomic E-state index is 12.4. The number of carbonyl (C=O) groups excluding carboxylic acids is 2. The number of aryl methyl sites for hydroxylation is 1. The van der Waals surface area contributed by atoms with Crippen molar-refractivity contribution in [3.8, 4) is 23.0 Å². The first-order valence-corrected chi connectivity index (χ1v) is 12.1. The molecule has 0 saturated carbocycles. The molecular weight excluding hydrogens is 474 g/mol. The Bertz CT molecular complexity index is 1160. The minimum atomic E-state index is -0.429. The van der Waals surface area contributed by atoms with E-state index in [0.29, 0.717) is 35.5 Å². The number of hydrogen-bond donors (Lipinski definition) is 1. The molecule has 0 aromatic heterocycles. The van der Waals surface area contributed by atoms with Crippen LogP contribution in [0.15, 0.2) is 66.7 Å². The van der Waals surface area contributed by atoms with E-state index in [1.807, 2.05) is 48.5 Å². The van der Waals surface area contributed by atoms with E-state index in [1.54, 1.807) is 39.3 Å². The number of nitrogens with one attached hydrogen (secondary N) is 1. The number of methoxy groups -OCH3 is 2. The number of para-hydroxylation sites is 1. The van der Waals surface area contributed by atoms with E-state index in [1.165, 1.54) is 0 Å². The summed E-state index contributed by atoms with van der Waals surface area (Å²) in [5.41, 5.74) is 2.09. The van der Waals surface area contributed by atoms with Gasteiger partial charge in [0.15, 0.2) is 0 Å². The van der Waals surface area contributed by atoms with Crippen LogP contribution in [0.3, 0.4) is 0 Å². The van der Waals surface area contributed by atoms with Gasteiger partial charge in [0.25, 0.3) is 0 Å². The summed E-state index contributed by atoms with van der Waals surface area (Å²) < 4.78 is 27.0. The Kier molecular flexibility index (Phi) is 10.8. The largest absolute Gasteiger partial charge is 0.497 e. The summed E-state index contributed by atoms with van der Waals surface area (Å²) in [7, 11) is 3.22. The van der Waals surface area contributed by atoms with Crippen LogP contribution in [-0.2, 0) is 27.2 Å². The van der Waals surface area contributed by atoms with Crippen molar-refractivity contribution in [2.45, 2.75) is 26.3 Å². The van der Waals surface area contributed by atoms with E-state index < -0.39 is 5.97 Å². The smallest absolute Gasteiger partial charge is 0.338 e. The van der Waals surface area contributed by atoms with Crippen molar-refractivity contribution in [2.24, 2.45) is 0 Å². The second-order valence-electron chi connectivity index (χ2n) is 8.06. The van der Waals surface area contributed by atoms with Gasteiger partial charge in [0.2, 0.25) is 0 Å². The van der Waals surface area contributed by atoms with Crippen LogP contribution in [-0.4, -0.2) is 45.9 Å². The first-order chi connectivity index (χ1) is 18.0. The summed E-state index contributed by atoms with van der Waals surface area (Å²) in [6, 6.07) is 20.1. The highest BCUT2D eigenvalue weighted by Gasteiger charge is 2.15. The summed E-state index contributed by atoms with van der Waals surface area (Å²) in [6.45, 7) is 2.56. The van der Waals surface area contributed by atoms with Crippen LogP contribution in [0.1, 0.15) is 34.8 Å². The van der Waals surface area contributed by atoms with Crippen molar-refractivity contribution >= 4 is 11.9 Å².